The fourth-order valence-corrected chi connectivity index (χ4v) is 14.6. The minimum Gasteiger partial charge on any atom is -0.381 e. The van der Waals surface area contributed by atoms with Gasteiger partial charge >= 0.3 is 0 Å². The summed E-state index contributed by atoms with van der Waals surface area (Å²) < 4.78 is 14.8. The molecule has 0 fully saturated rings. The molecule has 0 bridgehead atoms. The van der Waals surface area contributed by atoms with Gasteiger partial charge in [0.15, 0.2) is 74.6 Å². The number of rotatable bonds is 10. The van der Waals surface area contributed by atoms with E-state index in [2.05, 4.69) is 140 Å². The number of nitrogen functional groups attached to an aromatic ring is 5. The van der Waals surface area contributed by atoms with Crippen molar-refractivity contribution in [1.82, 2.24) is 145 Å². The van der Waals surface area contributed by atoms with Crippen LogP contribution in [-0.4, -0.2) is 145 Å². The topological polar surface area (TPSA) is 645 Å². The smallest absolute Gasteiger partial charge is 0.278 e. The van der Waals surface area contributed by atoms with Crippen LogP contribution in [0.15, 0.2) is 146 Å². The van der Waals surface area contributed by atoms with E-state index in [1.807, 2.05) is 66.7 Å². The standard InChI is InChI=1S/C16H11ClN8.C15H9ClN8.C15H8ClN7S.C14H7ClN8O.C14H7ClN8S/c1-25-12(2-3-21-25)15-14(22-11(6-18)16(19)23-15)8-4-9-7-20-24-13(9)10(17)5-8;16-9-4-7(3-8-6-20-24-12(8)9)13-14(10-1-2-19-23-10)22-15(18)11(5-17)21-13;16-9-4-7(3-8-6-19-23-12(8)9)13-14(11-1-2-20-24-11)22-15(18)10(5-17)21-13;2*15-8-2-6(1-7-4-19-23-10(7)8)11-12(14-18-5-20-24-14)22-13(17)9(3-16)21-11/h2-5,7H,1H3,(H2,19,23)(H,20,24);1-4,6H,(H2,18,22)(H,19,23)(H,20,24);1-4,6H,(H2,18,22)(H,19,23);2*1-2,4-5H,(H2,17,22)(H,19,23). The molecule has 15 heterocycles. The molecule has 586 valence electrons. The van der Waals surface area contributed by atoms with Crippen molar-refractivity contribution >= 4 is 165 Å². The number of aromatic amines is 6. The van der Waals surface area contributed by atoms with E-state index in [9.17, 15) is 26.3 Å². The van der Waals surface area contributed by atoms with Crippen LogP contribution in [0.25, 0.3) is 166 Å². The van der Waals surface area contributed by atoms with Crippen LogP contribution in [-0.2, 0) is 7.05 Å². The summed E-state index contributed by atoms with van der Waals surface area (Å²) in [6, 6.07) is 33.1. The monoisotopic (exact) mass is 1730 g/mol. The Morgan fingerprint density at radius 2 is 0.736 bits per heavy atom. The second-order valence-electron chi connectivity index (χ2n) is 25.0. The first-order chi connectivity index (χ1) is 58.8. The number of nitriles is 5. The molecule has 16 N–H and O–H groups in total. The quantitative estimate of drug-likeness (QED) is 0.0606. The molecule has 0 atom stereocenters. The van der Waals surface area contributed by atoms with Crippen molar-refractivity contribution in [3.05, 3.63) is 195 Å². The maximum Gasteiger partial charge on any atom is 0.278 e. The summed E-state index contributed by atoms with van der Waals surface area (Å²) in [4.78, 5) is 52.3. The molecular formula is C74H42Cl5N39OS2. The Hall–Kier alpha value is -16.5. The van der Waals surface area contributed by atoms with Gasteiger partial charge in [0, 0.05) is 80.4 Å². The Bertz CT molecular complexity index is 6900. The molecule has 0 unspecified atom stereocenters. The molecule has 15 aromatic heterocycles. The number of halogens is 5. The van der Waals surface area contributed by atoms with Crippen LogP contribution in [0.3, 0.4) is 0 Å². The summed E-state index contributed by atoms with van der Waals surface area (Å²) >= 11 is 34.0. The number of nitrogens with two attached hydrogens (primary N) is 5. The molecule has 47 heteroatoms. The van der Waals surface area contributed by atoms with Gasteiger partial charge in [0.05, 0.1) is 117 Å². The average Bonchev–Trinajstić information content (AvgIpc) is 1.79. The van der Waals surface area contributed by atoms with Gasteiger partial charge in [-0.2, -0.15) is 71.4 Å². The number of aromatic nitrogens is 29. The molecule has 0 radical (unpaired) electrons. The van der Waals surface area contributed by atoms with Gasteiger partial charge in [-0.05, 0) is 102 Å². The van der Waals surface area contributed by atoms with Crippen LogP contribution in [0.1, 0.15) is 28.5 Å². The molecule has 40 nitrogen and oxygen atoms in total. The second-order valence-corrected chi connectivity index (χ2v) is 28.6. The normalized spacial score (nSPS) is 10.9. The van der Waals surface area contributed by atoms with E-state index in [0.717, 1.165) is 76.7 Å². The first-order valence-electron chi connectivity index (χ1n) is 34.2. The molecule has 0 spiro atoms. The number of hydrogen-bond donors (Lipinski definition) is 11. The molecule has 121 heavy (non-hydrogen) atoms. The zero-order valence-corrected chi connectivity index (χ0v) is 66.2. The number of nitrogens with zero attached hydrogens (tertiary/aromatic N) is 28. The predicted octanol–water partition coefficient (Wildman–Crippen LogP) is 13.1. The lowest BCUT2D eigenvalue weighted by atomic mass is 10.1. The fourth-order valence-electron chi connectivity index (χ4n) is 12.1. The van der Waals surface area contributed by atoms with Gasteiger partial charge in [-0.15, -0.1) is 0 Å². The number of fused-ring (bicyclic) bond motifs is 5. The van der Waals surface area contributed by atoms with Gasteiger partial charge in [-0.3, -0.25) is 35.3 Å². The van der Waals surface area contributed by atoms with Crippen molar-refractivity contribution in [1.29, 1.82) is 26.3 Å². The number of anilines is 5. The van der Waals surface area contributed by atoms with Gasteiger partial charge in [0.2, 0.25) is 0 Å². The van der Waals surface area contributed by atoms with Crippen molar-refractivity contribution in [2.45, 2.75) is 0 Å². The molecule has 0 aliphatic rings. The van der Waals surface area contributed by atoms with Crippen LogP contribution in [0, 0.1) is 56.7 Å². The molecule has 20 rings (SSSR count). The minimum atomic E-state index is -0.0232. The van der Waals surface area contributed by atoms with Gasteiger partial charge in [0.1, 0.15) is 70.8 Å². The number of benzene rings is 5. The van der Waals surface area contributed by atoms with Crippen LogP contribution in [0.5, 0.6) is 0 Å². The van der Waals surface area contributed by atoms with Crippen LogP contribution >= 0.6 is 81.1 Å². The van der Waals surface area contributed by atoms with E-state index in [1.54, 1.807) is 104 Å². The van der Waals surface area contributed by atoms with Gasteiger partial charge in [-0.25, -0.2) is 59.2 Å². The highest BCUT2D eigenvalue weighted by molar-refractivity contribution is 7.09. The van der Waals surface area contributed by atoms with Crippen LogP contribution < -0.4 is 28.7 Å². The third-order valence-corrected chi connectivity index (χ3v) is 20.5. The van der Waals surface area contributed by atoms with E-state index in [4.69, 9.17) is 91.2 Å². The average molecular weight is 1730 g/mol. The summed E-state index contributed by atoms with van der Waals surface area (Å²) in [6.45, 7) is 0. The third-order valence-electron chi connectivity index (χ3n) is 17.6. The summed E-state index contributed by atoms with van der Waals surface area (Å²) in [7, 11) is 1.79. The lowest BCUT2D eigenvalue weighted by molar-refractivity contribution is 0.429. The largest absolute Gasteiger partial charge is 0.381 e. The van der Waals surface area contributed by atoms with Crippen molar-refractivity contribution in [3.63, 3.8) is 0 Å². The SMILES string of the molecule is Cn1nccc1-c1nc(N)c(C#N)nc1-c1cc(Cl)c2[nH]ncc2c1.N#Cc1nc(-c2cc(Cl)c3[nH]ncc3c2)c(-c2ccn[nH]2)nc1N.N#Cc1nc(-c2cc(Cl)c3[nH]ncc3c2)c(-c2ccns2)nc1N.N#Cc1nc(-c2cc(Cl)c3[nH]ncc3c2)c(-c2ncno2)nc1N.N#Cc1nc(-c2cc(Cl)c3[nH]ncc3c2)c(-c2ncns2)nc1N. The maximum atomic E-state index is 9.27. The van der Waals surface area contributed by atoms with Crippen molar-refractivity contribution < 1.29 is 4.52 Å². The van der Waals surface area contributed by atoms with E-state index in [1.165, 1.54) is 24.2 Å². The van der Waals surface area contributed by atoms with E-state index in [-0.39, 0.29) is 69.1 Å². The zero-order chi connectivity index (χ0) is 84.3. The number of nitrogens with one attached hydrogen (secondary N) is 6. The summed E-state index contributed by atoms with van der Waals surface area (Å²) in [5, 5.41) is 102. The molecule has 0 saturated carbocycles. The number of hydrogen-bond acceptors (Lipinski definition) is 35. The van der Waals surface area contributed by atoms with Crippen molar-refractivity contribution in [3.8, 4) is 142 Å². The first kappa shape index (κ1) is 78.4. The van der Waals surface area contributed by atoms with Gasteiger partial charge in [0.25, 0.3) is 5.89 Å². The van der Waals surface area contributed by atoms with Gasteiger partial charge < -0.3 is 33.2 Å². The highest BCUT2D eigenvalue weighted by Crippen LogP contribution is 2.42. The molecule has 0 amide bonds. The summed E-state index contributed by atoms with van der Waals surface area (Å²) in [5.74, 6) is 0.364. The van der Waals surface area contributed by atoms with Crippen LogP contribution in [0.4, 0.5) is 29.1 Å². The Morgan fingerprint density at radius 1 is 0.364 bits per heavy atom. The van der Waals surface area contributed by atoms with Gasteiger partial charge in [-0.1, -0.05) is 63.2 Å². The highest BCUT2D eigenvalue weighted by Gasteiger charge is 2.26. The zero-order valence-electron chi connectivity index (χ0n) is 60.8. The minimum absolute atomic E-state index is 0.00308. The first-order valence-corrected chi connectivity index (χ1v) is 37.7. The molecule has 5 aromatic carbocycles. The molecule has 0 saturated heterocycles. The Labute approximate surface area is 708 Å². The molecule has 0 aliphatic carbocycles. The maximum absolute atomic E-state index is 9.27. The second kappa shape index (κ2) is 33.4. The highest BCUT2D eigenvalue weighted by atomic mass is 35.5. The molecule has 20 aromatic rings. The van der Waals surface area contributed by atoms with Crippen molar-refractivity contribution in [2.24, 2.45) is 7.05 Å². The predicted molar refractivity (Wildman–Crippen MR) is 449 cm³/mol. The Kier molecular flexibility index (Phi) is 21.6. The lowest BCUT2D eigenvalue weighted by Crippen LogP contribution is -2.05. The van der Waals surface area contributed by atoms with Crippen molar-refractivity contribution in [2.75, 3.05) is 28.7 Å². The Morgan fingerprint density at radius 3 is 1.08 bits per heavy atom. The molecular weight excluding hydrogens is 1690 g/mol. The van der Waals surface area contributed by atoms with E-state index >= 15 is 0 Å². The number of H-pyrrole nitrogens is 6. The summed E-state index contributed by atoms with van der Waals surface area (Å²) in [5.41, 5.74) is 42.3. The Balaban J connectivity index is 0.000000112. The lowest BCUT2D eigenvalue weighted by Gasteiger charge is -2.11. The number of aryl methyl sites for hydroxylation is 1. The van der Waals surface area contributed by atoms with E-state index < -0.39 is 0 Å². The summed E-state index contributed by atoms with van der Waals surface area (Å²) in [6.07, 6.45) is 15.9. The third kappa shape index (κ3) is 15.6. The van der Waals surface area contributed by atoms with Crippen LogP contribution in [0.2, 0.25) is 25.1 Å². The van der Waals surface area contributed by atoms with E-state index in [0.29, 0.717) is 115 Å². The fraction of sp³-hybridized carbons (Fsp3) is 0.0135. The molecule has 0 aliphatic heterocycles.